The first-order valence-corrected chi connectivity index (χ1v) is 3.50. The summed E-state index contributed by atoms with van der Waals surface area (Å²) in [5.74, 6) is 0. The molecule has 0 nitrogen and oxygen atoms in total. The van der Waals surface area contributed by atoms with Gasteiger partial charge < -0.3 is 0 Å². The monoisotopic (exact) mass is 189 g/mol. The molecule has 0 radical (unpaired) electrons. The van der Waals surface area contributed by atoms with Crippen LogP contribution < -0.4 is 0 Å². The van der Waals surface area contributed by atoms with Crippen molar-refractivity contribution in [3.8, 4) is 0 Å². The Labute approximate surface area is 71.1 Å². The third-order valence-electron chi connectivity index (χ3n) is 0.917. The van der Waals surface area contributed by atoms with Crippen molar-refractivity contribution in [2.45, 2.75) is 11.8 Å². The fourth-order valence-corrected chi connectivity index (χ4v) is 0.687. The Kier molecular flexibility index (Phi) is 0.922. The second-order valence-electron chi connectivity index (χ2n) is 1.65. The number of hydrogen-bond acceptors (Lipinski definition) is 0. The predicted molar refractivity (Wildman–Crippen MR) is 43.8 cm³/mol. The molecule has 0 aliphatic carbocycles. The van der Waals surface area contributed by atoms with Gasteiger partial charge in [0.15, 0.2) is 0 Å². The molecule has 9 heavy (non-hydrogen) atoms. The first-order chi connectivity index (χ1) is 6.37. The molecule has 1 aromatic rings. The Morgan fingerprint density at radius 1 is 1.44 bits per heavy atom. The Bertz CT molecular complexity index is 345. The van der Waals surface area contributed by atoms with Gasteiger partial charge in [-0.3, -0.25) is 0 Å². The zero-order valence-corrected chi connectivity index (χ0v) is 6.54. The average Bonchev–Trinajstić information content (AvgIpc) is 2.11. The van der Waals surface area contributed by atoms with Gasteiger partial charge in [0.25, 0.3) is 0 Å². The van der Waals surface area contributed by atoms with Gasteiger partial charge in [0, 0.05) is 4.83 Å². The second-order valence-corrected chi connectivity index (χ2v) is 3.03. The molecule has 0 bridgehead atoms. The molecule has 0 aromatic heterocycles. The van der Waals surface area contributed by atoms with Gasteiger partial charge in [-0.1, -0.05) is 46.1 Å². The van der Waals surface area contributed by atoms with Crippen LogP contribution in [0.4, 0.5) is 0 Å². The number of benzene rings is 1. The maximum Gasteiger partial charge on any atom is 0.0626 e. The van der Waals surface area contributed by atoms with Gasteiger partial charge >= 0.3 is 0 Å². The second kappa shape index (κ2) is 3.02. The molecule has 0 saturated carbocycles. The van der Waals surface area contributed by atoms with Gasteiger partial charge in [-0.15, -0.1) is 0 Å². The highest BCUT2D eigenvalue weighted by Crippen LogP contribution is 2.19. The lowest BCUT2D eigenvalue weighted by Gasteiger charge is -1.99. The summed E-state index contributed by atoms with van der Waals surface area (Å²) in [6.07, 6.45) is 0. The van der Waals surface area contributed by atoms with Gasteiger partial charge in [0.2, 0.25) is 0 Å². The van der Waals surface area contributed by atoms with Crippen molar-refractivity contribution in [2.75, 3.05) is 0 Å². The molecule has 1 atom stereocenters. The molecule has 1 unspecified atom stereocenters. The molecule has 0 fully saturated rings. The zero-order chi connectivity index (χ0) is 11.0. The van der Waals surface area contributed by atoms with E-state index in [9.17, 15) is 0 Å². The lowest BCUT2D eigenvalue weighted by atomic mass is 10.2. The highest BCUT2D eigenvalue weighted by Gasteiger charge is 1.95. The van der Waals surface area contributed by atoms with Crippen LogP contribution in [0, 0.1) is 0 Å². The molecule has 0 spiro atoms. The molecule has 0 N–H and O–H groups in total. The maximum atomic E-state index is 7.56. The fraction of sp³-hybridized carbons (Fsp3) is 0.250. The number of hydrogen-bond donors (Lipinski definition) is 0. The molecule has 0 heterocycles. The minimum absolute atomic E-state index is 0.139. The van der Waals surface area contributed by atoms with Crippen LogP contribution in [0.15, 0.2) is 30.2 Å². The van der Waals surface area contributed by atoms with Crippen molar-refractivity contribution in [1.29, 1.82) is 0 Å². The summed E-state index contributed by atoms with van der Waals surface area (Å²) < 4.78 is 37.3. The standard InChI is InChI=1S/C8H9Br/c1-7(9)8-5-3-2-4-6-8/h2-7H,1H3/i2D,3D,4D,5D,6D. The summed E-state index contributed by atoms with van der Waals surface area (Å²) in [6, 6.07) is -1.20. The van der Waals surface area contributed by atoms with Crippen molar-refractivity contribution in [3.05, 3.63) is 35.8 Å². The highest BCUT2D eigenvalue weighted by atomic mass is 79.9. The lowest BCUT2D eigenvalue weighted by Crippen LogP contribution is -1.79. The van der Waals surface area contributed by atoms with E-state index in [-0.39, 0.29) is 35.0 Å². The van der Waals surface area contributed by atoms with E-state index in [1.54, 1.807) is 6.92 Å². The summed E-state index contributed by atoms with van der Waals surface area (Å²) in [7, 11) is 0. The molecular weight excluding hydrogens is 176 g/mol. The summed E-state index contributed by atoms with van der Waals surface area (Å²) in [5.41, 5.74) is 0.302. The third-order valence-corrected chi connectivity index (χ3v) is 1.37. The molecule has 0 aliphatic heterocycles. The average molecular weight is 190 g/mol. The summed E-state index contributed by atoms with van der Waals surface area (Å²) >= 11 is 3.21. The highest BCUT2D eigenvalue weighted by molar-refractivity contribution is 9.09. The van der Waals surface area contributed by atoms with Gasteiger partial charge in [-0.05, 0) is 12.5 Å². The first-order valence-electron chi connectivity index (χ1n) is 5.08. The minimum Gasteiger partial charge on any atom is -0.0842 e. The van der Waals surface area contributed by atoms with E-state index in [0.717, 1.165) is 0 Å². The minimum atomic E-state index is -0.350. The van der Waals surface area contributed by atoms with Gasteiger partial charge in [-0.2, -0.15) is 0 Å². The summed E-state index contributed by atoms with van der Waals surface area (Å²) in [6.45, 7) is 1.73. The van der Waals surface area contributed by atoms with Crippen molar-refractivity contribution < 1.29 is 6.85 Å². The largest absolute Gasteiger partial charge is 0.0842 e. The molecule has 1 aromatic carbocycles. The Morgan fingerprint density at radius 2 is 2.00 bits per heavy atom. The lowest BCUT2D eigenvalue weighted by molar-refractivity contribution is 1.12. The molecule has 0 amide bonds. The maximum absolute atomic E-state index is 7.56. The van der Waals surface area contributed by atoms with Crippen LogP contribution in [-0.4, -0.2) is 0 Å². The predicted octanol–water partition coefficient (Wildman–Crippen LogP) is 3.14. The van der Waals surface area contributed by atoms with E-state index in [1.807, 2.05) is 0 Å². The van der Waals surface area contributed by atoms with Gasteiger partial charge in [0.1, 0.15) is 0 Å². The molecule has 1 rings (SSSR count). The third kappa shape index (κ3) is 1.83. The van der Waals surface area contributed by atoms with Crippen LogP contribution in [0.5, 0.6) is 0 Å². The quantitative estimate of drug-likeness (QED) is 0.596. The molecule has 48 valence electrons. The van der Waals surface area contributed by atoms with E-state index in [4.69, 9.17) is 6.85 Å². The van der Waals surface area contributed by atoms with E-state index in [0.29, 0.717) is 5.56 Å². The first kappa shape index (κ1) is 2.75. The number of rotatable bonds is 1. The van der Waals surface area contributed by atoms with Crippen molar-refractivity contribution in [3.63, 3.8) is 0 Å². The van der Waals surface area contributed by atoms with Crippen LogP contribution in [0.3, 0.4) is 0 Å². The zero-order valence-electron chi connectivity index (χ0n) is 9.96. The normalized spacial score (nSPS) is 20.9. The van der Waals surface area contributed by atoms with Crippen LogP contribution in [-0.2, 0) is 0 Å². The smallest absolute Gasteiger partial charge is 0.0626 e. The van der Waals surface area contributed by atoms with E-state index < -0.39 is 0 Å². The van der Waals surface area contributed by atoms with Crippen LogP contribution >= 0.6 is 15.9 Å². The van der Waals surface area contributed by atoms with Crippen LogP contribution in [0.1, 0.15) is 24.2 Å². The number of alkyl halides is 1. The molecular formula is C8H9Br. The molecule has 1 heteroatoms. The topological polar surface area (TPSA) is 0 Å². The van der Waals surface area contributed by atoms with Crippen LogP contribution in [0.25, 0.3) is 0 Å². The van der Waals surface area contributed by atoms with E-state index in [1.165, 1.54) is 0 Å². The van der Waals surface area contributed by atoms with Gasteiger partial charge in [-0.25, -0.2) is 0 Å². The van der Waals surface area contributed by atoms with E-state index >= 15 is 0 Å². The SMILES string of the molecule is [2H]c1c([2H])c([2H])c(C(C)Br)c([2H])c1[2H]. The number of halogens is 1. The van der Waals surface area contributed by atoms with E-state index in [2.05, 4.69) is 15.9 Å². The fourth-order valence-electron chi connectivity index (χ4n) is 0.459. The van der Waals surface area contributed by atoms with Crippen molar-refractivity contribution in [2.24, 2.45) is 0 Å². The summed E-state index contributed by atoms with van der Waals surface area (Å²) in [4.78, 5) is -0.253. The van der Waals surface area contributed by atoms with Crippen molar-refractivity contribution >= 4 is 15.9 Å². The molecule has 0 aliphatic rings. The molecule has 0 saturated heterocycles. The van der Waals surface area contributed by atoms with Crippen molar-refractivity contribution in [1.82, 2.24) is 0 Å². The summed E-state index contributed by atoms with van der Waals surface area (Å²) in [5, 5.41) is 0. The Hall–Kier alpha value is -0.300. The van der Waals surface area contributed by atoms with Gasteiger partial charge in [0.05, 0.1) is 6.85 Å². The Morgan fingerprint density at radius 3 is 2.44 bits per heavy atom. The Balaban J connectivity index is 3.60. The van der Waals surface area contributed by atoms with Crippen LogP contribution in [0.2, 0.25) is 0 Å².